The van der Waals surface area contributed by atoms with Gasteiger partial charge in [0.2, 0.25) is 5.88 Å². The molecule has 0 radical (unpaired) electrons. The number of nitrogens with zero attached hydrogens (tertiary/aromatic N) is 3. The highest BCUT2D eigenvalue weighted by Crippen LogP contribution is 2.15. The molecule has 0 saturated heterocycles. The molecule has 0 aliphatic rings. The fourth-order valence-corrected chi connectivity index (χ4v) is 1.32. The average Bonchev–Trinajstić information content (AvgIpc) is 2.77. The molecule has 15 heavy (non-hydrogen) atoms. The summed E-state index contributed by atoms with van der Waals surface area (Å²) in [6.07, 6.45) is 1.76. The van der Waals surface area contributed by atoms with E-state index >= 15 is 0 Å². The average molecular weight is 199 g/mol. The Hall–Kier alpha value is -2.28. The third kappa shape index (κ3) is 1.67. The Morgan fingerprint density at radius 3 is 2.80 bits per heavy atom. The van der Waals surface area contributed by atoms with Gasteiger partial charge in [-0.2, -0.15) is 5.26 Å². The van der Waals surface area contributed by atoms with Crippen LogP contribution >= 0.6 is 0 Å². The van der Waals surface area contributed by atoms with Gasteiger partial charge in [0, 0.05) is 12.3 Å². The van der Waals surface area contributed by atoms with Gasteiger partial charge in [0.25, 0.3) is 0 Å². The number of nitriles is 1. The number of rotatable bonds is 2. The third-order valence-electron chi connectivity index (χ3n) is 2.05. The van der Waals surface area contributed by atoms with Crippen LogP contribution in [0.5, 0.6) is 5.88 Å². The maximum absolute atomic E-state index is 8.92. The molecule has 1 heterocycles. The minimum absolute atomic E-state index is 0.530. The maximum Gasteiger partial charge on any atom is 0.232 e. The second kappa shape index (κ2) is 3.84. The van der Waals surface area contributed by atoms with Crippen LogP contribution in [0.2, 0.25) is 0 Å². The van der Waals surface area contributed by atoms with Crippen LogP contribution in [0.25, 0.3) is 5.69 Å². The van der Waals surface area contributed by atoms with E-state index in [-0.39, 0.29) is 0 Å². The van der Waals surface area contributed by atoms with Gasteiger partial charge in [0.15, 0.2) is 0 Å². The van der Waals surface area contributed by atoms with Crippen LogP contribution < -0.4 is 4.74 Å². The number of hydrogen-bond donors (Lipinski definition) is 0. The van der Waals surface area contributed by atoms with Crippen molar-refractivity contribution in [2.75, 3.05) is 7.11 Å². The van der Waals surface area contributed by atoms with Crippen molar-refractivity contribution >= 4 is 0 Å². The third-order valence-corrected chi connectivity index (χ3v) is 2.05. The highest BCUT2D eigenvalue weighted by Gasteiger charge is 2.04. The predicted molar refractivity (Wildman–Crippen MR) is 54.8 cm³/mol. The van der Waals surface area contributed by atoms with E-state index in [2.05, 4.69) is 11.2 Å². The summed E-state index contributed by atoms with van der Waals surface area (Å²) in [5.41, 5.74) is 1.34. The molecule has 2 rings (SSSR count). The van der Waals surface area contributed by atoms with Crippen LogP contribution in [0.1, 0.15) is 5.56 Å². The Morgan fingerprint density at radius 1 is 1.33 bits per heavy atom. The van der Waals surface area contributed by atoms with Crippen molar-refractivity contribution in [1.29, 1.82) is 5.26 Å². The Balaban J connectivity index is 2.49. The lowest BCUT2D eigenvalue weighted by Crippen LogP contribution is -1.98. The first-order chi connectivity index (χ1) is 7.35. The highest BCUT2D eigenvalue weighted by atomic mass is 16.5. The van der Waals surface area contributed by atoms with Crippen LogP contribution in [0.4, 0.5) is 0 Å². The minimum atomic E-state index is 0.530. The van der Waals surface area contributed by atoms with Crippen LogP contribution in [-0.4, -0.2) is 16.9 Å². The lowest BCUT2D eigenvalue weighted by atomic mass is 10.2. The van der Waals surface area contributed by atoms with E-state index in [4.69, 9.17) is 10.00 Å². The monoisotopic (exact) mass is 199 g/mol. The van der Waals surface area contributed by atoms with Gasteiger partial charge in [0.05, 0.1) is 18.4 Å². The molecule has 4 heteroatoms. The van der Waals surface area contributed by atoms with Gasteiger partial charge < -0.3 is 4.74 Å². The van der Waals surface area contributed by atoms with Crippen molar-refractivity contribution in [2.24, 2.45) is 0 Å². The molecule has 1 aromatic carbocycles. The van der Waals surface area contributed by atoms with Crippen LogP contribution in [0, 0.1) is 11.3 Å². The number of aromatic nitrogens is 2. The summed E-state index contributed by atoms with van der Waals surface area (Å²) in [4.78, 5) is 0. The number of para-hydroxylation sites is 1. The first-order valence-corrected chi connectivity index (χ1v) is 4.44. The quantitative estimate of drug-likeness (QED) is 0.740. The normalized spacial score (nSPS) is 9.60. The number of hydrogen-bond acceptors (Lipinski definition) is 3. The van der Waals surface area contributed by atoms with E-state index in [0.29, 0.717) is 11.4 Å². The first kappa shape index (κ1) is 9.28. The number of ether oxygens (including phenoxy) is 1. The van der Waals surface area contributed by atoms with Crippen molar-refractivity contribution in [1.82, 2.24) is 9.78 Å². The molecule has 74 valence electrons. The molecular formula is C11H9N3O. The Morgan fingerprint density at radius 2 is 2.13 bits per heavy atom. The van der Waals surface area contributed by atoms with Gasteiger partial charge >= 0.3 is 0 Å². The van der Waals surface area contributed by atoms with Crippen molar-refractivity contribution in [2.45, 2.75) is 0 Å². The van der Waals surface area contributed by atoms with Gasteiger partial charge in [0.1, 0.15) is 6.07 Å². The molecule has 0 unspecified atom stereocenters. The van der Waals surface area contributed by atoms with Gasteiger partial charge in [-0.25, -0.2) is 4.68 Å². The topological polar surface area (TPSA) is 50.8 Å². The van der Waals surface area contributed by atoms with E-state index in [9.17, 15) is 0 Å². The summed E-state index contributed by atoms with van der Waals surface area (Å²) >= 11 is 0. The standard InChI is InChI=1S/C11H9N3O/c1-15-11-6-7-14(13-11)10-5-3-2-4-9(10)8-12/h2-7H,1H3. The van der Waals surface area contributed by atoms with E-state index in [0.717, 1.165) is 5.69 Å². The number of benzene rings is 1. The summed E-state index contributed by atoms with van der Waals surface area (Å²) in [7, 11) is 1.56. The van der Waals surface area contributed by atoms with Crippen LogP contribution in [-0.2, 0) is 0 Å². The Labute approximate surface area is 87.3 Å². The molecule has 0 aliphatic heterocycles. The molecule has 0 fully saturated rings. The molecule has 0 saturated carbocycles. The maximum atomic E-state index is 8.92. The van der Waals surface area contributed by atoms with Crippen molar-refractivity contribution < 1.29 is 4.74 Å². The summed E-state index contributed by atoms with van der Waals surface area (Å²) in [5, 5.41) is 13.1. The predicted octanol–water partition coefficient (Wildman–Crippen LogP) is 1.75. The van der Waals surface area contributed by atoms with Gasteiger partial charge in [-0.3, -0.25) is 0 Å². The summed E-state index contributed by atoms with van der Waals surface area (Å²) in [5.74, 6) is 0.530. The summed E-state index contributed by atoms with van der Waals surface area (Å²) < 4.78 is 6.60. The van der Waals surface area contributed by atoms with E-state index in [1.165, 1.54) is 0 Å². The van der Waals surface area contributed by atoms with Crippen molar-refractivity contribution in [3.63, 3.8) is 0 Å². The Bertz CT molecular complexity index is 511. The van der Waals surface area contributed by atoms with Crippen LogP contribution in [0.15, 0.2) is 36.5 Å². The smallest absolute Gasteiger partial charge is 0.232 e. The second-order valence-corrected chi connectivity index (χ2v) is 2.93. The molecule has 0 amide bonds. The SMILES string of the molecule is COc1ccn(-c2ccccc2C#N)n1. The molecule has 1 aromatic heterocycles. The molecule has 2 aromatic rings. The van der Waals surface area contributed by atoms with Crippen molar-refractivity contribution in [3.05, 3.63) is 42.1 Å². The fourth-order valence-electron chi connectivity index (χ4n) is 1.32. The van der Waals surface area contributed by atoms with E-state index in [1.54, 1.807) is 30.1 Å². The largest absolute Gasteiger partial charge is 0.480 e. The first-order valence-electron chi connectivity index (χ1n) is 4.44. The highest BCUT2D eigenvalue weighted by molar-refractivity contribution is 5.48. The summed E-state index contributed by atoms with van der Waals surface area (Å²) in [6, 6.07) is 11.1. The summed E-state index contributed by atoms with van der Waals surface area (Å²) in [6.45, 7) is 0. The second-order valence-electron chi connectivity index (χ2n) is 2.93. The van der Waals surface area contributed by atoms with Crippen molar-refractivity contribution in [3.8, 4) is 17.6 Å². The fraction of sp³-hybridized carbons (Fsp3) is 0.0909. The van der Waals surface area contributed by atoms with Crippen LogP contribution in [0.3, 0.4) is 0 Å². The molecular weight excluding hydrogens is 190 g/mol. The molecule has 0 atom stereocenters. The number of methoxy groups -OCH3 is 1. The zero-order valence-corrected chi connectivity index (χ0v) is 8.21. The van der Waals surface area contributed by atoms with Gasteiger partial charge in [-0.1, -0.05) is 12.1 Å². The minimum Gasteiger partial charge on any atom is -0.480 e. The zero-order valence-electron chi connectivity index (χ0n) is 8.21. The molecule has 0 bridgehead atoms. The molecule has 0 spiro atoms. The van der Waals surface area contributed by atoms with E-state index in [1.807, 2.05) is 18.2 Å². The zero-order chi connectivity index (χ0) is 10.7. The molecule has 0 N–H and O–H groups in total. The van der Waals surface area contributed by atoms with Gasteiger partial charge in [-0.05, 0) is 12.1 Å². The molecule has 4 nitrogen and oxygen atoms in total. The van der Waals surface area contributed by atoms with E-state index < -0.39 is 0 Å². The lowest BCUT2D eigenvalue weighted by Gasteiger charge is -2.02. The van der Waals surface area contributed by atoms with Gasteiger partial charge in [-0.15, -0.1) is 5.10 Å². The Kier molecular flexibility index (Phi) is 2.38. The molecule has 0 aliphatic carbocycles. The lowest BCUT2D eigenvalue weighted by molar-refractivity contribution is 0.394.